The molecular weight excluding hydrogens is 287 g/mol. The lowest BCUT2D eigenvalue weighted by molar-refractivity contribution is -0.659. The Morgan fingerprint density at radius 1 is 1.28 bits per heavy atom. The van der Waals surface area contributed by atoms with Gasteiger partial charge in [-0.2, -0.15) is 4.40 Å². The average Bonchev–Trinajstić information content (AvgIpc) is 2.89. The molecule has 0 aliphatic rings. The Balaban J connectivity index is 2.07. The van der Waals surface area contributed by atoms with Crippen LogP contribution in [-0.2, 0) is 6.54 Å². The molecule has 0 saturated heterocycles. The first-order valence-electron chi connectivity index (χ1n) is 5.54. The van der Waals surface area contributed by atoms with Gasteiger partial charge in [0.1, 0.15) is 24.6 Å². The van der Waals surface area contributed by atoms with Crippen molar-refractivity contribution in [2.45, 2.75) is 13.5 Å². The predicted octanol–water partition coefficient (Wildman–Crippen LogP) is 3.95. The fourth-order valence-corrected chi connectivity index (χ4v) is 3.46. The van der Waals surface area contributed by atoms with E-state index in [2.05, 4.69) is 33.7 Å². The molecule has 2 nitrogen and oxygen atoms in total. The minimum absolute atomic E-state index is 0.689. The molecule has 0 saturated carbocycles. The molecule has 0 bridgehead atoms. The van der Waals surface area contributed by atoms with Crippen molar-refractivity contribution in [3.63, 3.8) is 0 Å². The number of aryl methyl sites for hydroxylation is 1. The van der Waals surface area contributed by atoms with Crippen LogP contribution in [0, 0.1) is 6.92 Å². The third kappa shape index (κ3) is 1.92. The minimum atomic E-state index is 0.689. The average molecular weight is 298 g/mol. The maximum Gasteiger partial charge on any atom is 0.346 e. The summed E-state index contributed by atoms with van der Waals surface area (Å²) in [6.45, 7) is 2.78. The molecule has 0 aliphatic heterocycles. The van der Waals surface area contributed by atoms with E-state index < -0.39 is 0 Å². The van der Waals surface area contributed by atoms with E-state index in [0.717, 1.165) is 5.56 Å². The molecule has 1 aromatic carbocycles. The van der Waals surface area contributed by atoms with Crippen LogP contribution in [0.1, 0.15) is 11.3 Å². The van der Waals surface area contributed by atoms with Gasteiger partial charge in [-0.3, -0.25) is 0 Å². The molecule has 92 valence electrons. The van der Waals surface area contributed by atoms with E-state index in [4.69, 9.17) is 23.2 Å². The van der Waals surface area contributed by atoms with Gasteiger partial charge in [0, 0.05) is 21.0 Å². The first kappa shape index (κ1) is 12.0. The zero-order valence-corrected chi connectivity index (χ0v) is 12.1. The second kappa shape index (κ2) is 4.57. The highest BCUT2D eigenvalue weighted by Gasteiger charge is 2.16. The van der Waals surface area contributed by atoms with E-state index in [-0.39, 0.29) is 0 Å². The van der Waals surface area contributed by atoms with Crippen molar-refractivity contribution in [3.05, 3.63) is 57.3 Å². The standard InChI is InChI=1S/C13H11Cl2N2S/c1-9-8-18-13-16(5-6-17(9)13)7-10-11(14)3-2-4-12(10)15/h2-6,8H,7H2,1H3/q+1. The van der Waals surface area contributed by atoms with Crippen molar-refractivity contribution < 1.29 is 4.57 Å². The van der Waals surface area contributed by atoms with E-state index in [0.29, 0.717) is 16.6 Å². The number of imidazole rings is 1. The zero-order valence-electron chi connectivity index (χ0n) is 9.73. The molecule has 3 rings (SSSR count). The topological polar surface area (TPSA) is 8.29 Å². The van der Waals surface area contributed by atoms with Crippen LogP contribution in [0.2, 0.25) is 10.0 Å². The fourth-order valence-electron chi connectivity index (χ4n) is 1.97. The number of aromatic nitrogens is 2. The highest BCUT2D eigenvalue weighted by Crippen LogP contribution is 2.24. The fraction of sp³-hybridized carbons (Fsp3) is 0.154. The van der Waals surface area contributed by atoms with Crippen molar-refractivity contribution in [2.24, 2.45) is 0 Å². The summed E-state index contributed by atoms with van der Waals surface area (Å²) in [7, 11) is 0. The molecule has 2 aromatic heterocycles. The summed E-state index contributed by atoms with van der Waals surface area (Å²) in [5.41, 5.74) is 2.20. The van der Waals surface area contributed by atoms with Crippen molar-refractivity contribution in [1.82, 2.24) is 4.40 Å². The number of hydrogen-bond acceptors (Lipinski definition) is 1. The summed E-state index contributed by atoms with van der Waals surface area (Å²) in [5.74, 6) is 0. The molecular formula is C13H11Cl2N2S+. The monoisotopic (exact) mass is 297 g/mol. The lowest BCUT2D eigenvalue weighted by Crippen LogP contribution is -2.32. The molecule has 0 atom stereocenters. The van der Waals surface area contributed by atoms with Gasteiger partial charge in [-0.05, 0) is 19.1 Å². The number of benzene rings is 1. The SMILES string of the molecule is Cc1csc2n1cc[n+]2Cc1c(Cl)cccc1Cl. The Labute approximate surface area is 119 Å². The summed E-state index contributed by atoms with van der Waals surface area (Å²) < 4.78 is 4.32. The van der Waals surface area contributed by atoms with Crippen LogP contribution >= 0.6 is 34.5 Å². The van der Waals surface area contributed by atoms with Gasteiger partial charge in [-0.25, -0.2) is 4.57 Å². The van der Waals surface area contributed by atoms with Crippen molar-refractivity contribution in [2.75, 3.05) is 0 Å². The van der Waals surface area contributed by atoms with E-state index >= 15 is 0 Å². The lowest BCUT2D eigenvalue weighted by Gasteiger charge is -2.03. The first-order valence-corrected chi connectivity index (χ1v) is 7.18. The highest BCUT2D eigenvalue weighted by atomic mass is 35.5. The summed E-state index contributed by atoms with van der Waals surface area (Å²) in [6, 6.07) is 5.61. The number of nitrogens with zero attached hydrogens (tertiary/aromatic N) is 2. The van der Waals surface area contributed by atoms with Gasteiger partial charge >= 0.3 is 4.96 Å². The summed E-state index contributed by atoms with van der Waals surface area (Å²) in [5, 5.41) is 3.56. The van der Waals surface area contributed by atoms with Gasteiger partial charge < -0.3 is 0 Å². The van der Waals surface area contributed by atoms with Gasteiger partial charge in [-0.15, -0.1) is 0 Å². The molecule has 0 aliphatic carbocycles. The second-order valence-electron chi connectivity index (χ2n) is 4.16. The number of fused-ring (bicyclic) bond motifs is 1. The summed E-state index contributed by atoms with van der Waals surface area (Å²) in [6.07, 6.45) is 4.12. The Morgan fingerprint density at radius 3 is 2.72 bits per heavy atom. The number of rotatable bonds is 2. The minimum Gasteiger partial charge on any atom is -0.216 e. The third-order valence-electron chi connectivity index (χ3n) is 2.95. The number of halogens is 2. The van der Waals surface area contributed by atoms with Crippen molar-refractivity contribution >= 4 is 39.5 Å². The first-order chi connectivity index (χ1) is 8.66. The lowest BCUT2D eigenvalue weighted by atomic mass is 10.2. The Hall–Kier alpha value is -1.03. The molecule has 0 amide bonds. The van der Waals surface area contributed by atoms with Crippen LogP contribution in [0.4, 0.5) is 0 Å². The molecule has 2 heterocycles. The zero-order chi connectivity index (χ0) is 12.7. The van der Waals surface area contributed by atoms with Crippen LogP contribution in [-0.4, -0.2) is 4.40 Å². The van der Waals surface area contributed by atoms with Gasteiger partial charge in [-0.1, -0.05) is 40.6 Å². The van der Waals surface area contributed by atoms with E-state index in [1.165, 1.54) is 10.7 Å². The molecule has 18 heavy (non-hydrogen) atoms. The van der Waals surface area contributed by atoms with E-state index in [1.54, 1.807) is 11.3 Å². The quantitative estimate of drug-likeness (QED) is 0.633. The summed E-state index contributed by atoms with van der Waals surface area (Å²) >= 11 is 14.1. The number of thiazole rings is 1. The normalized spacial score (nSPS) is 11.3. The number of hydrogen-bond donors (Lipinski definition) is 0. The molecule has 0 spiro atoms. The van der Waals surface area contributed by atoms with Crippen LogP contribution in [0.3, 0.4) is 0 Å². The van der Waals surface area contributed by atoms with Gasteiger partial charge in [0.15, 0.2) is 0 Å². The van der Waals surface area contributed by atoms with E-state index in [9.17, 15) is 0 Å². The maximum atomic E-state index is 6.20. The Kier molecular flexibility index (Phi) is 3.06. The maximum absolute atomic E-state index is 6.20. The van der Waals surface area contributed by atoms with Crippen molar-refractivity contribution in [1.29, 1.82) is 0 Å². The van der Waals surface area contributed by atoms with Crippen molar-refractivity contribution in [3.8, 4) is 0 Å². The highest BCUT2D eigenvalue weighted by molar-refractivity contribution is 7.14. The second-order valence-corrected chi connectivity index (χ2v) is 5.81. The summed E-state index contributed by atoms with van der Waals surface area (Å²) in [4.78, 5) is 1.18. The molecule has 0 N–H and O–H groups in total. The van der Waals surface area contributed by atoms with Crippen LogP contribution in [0.5, 0.6) is 0 Å². The molecule has 0 radical (unpaired) electrons. The van der Waals surface area contributed by atoms with Gasteiger partial charge in [0.05, 0.1) is 0 Å². The molecule has 3 aromatic rings. The molecule has 0 fully saturated rings. The third-order valence-corrected chi connectivity index (χ3v) is 4.76. The predicted molar refractivity (Wildman–Crippen MR) is 75.8 cm³/mol. The largest absolute Gasteiger partial charge is 0.346 e. The van der Waals surface area contributed by atoms with E-state index in [1.807, 2.05) is 18.2 Å². The Bertz CT molecular complexity index is 695. The van der Waals surface area contributed by atoms with Gasteiger partial charge in [0.25, 0.3) is 0 Å². The van der Waals surface area contributed by atoms with Crippen LogP contribution < -0.4 is 4.57 Å². The molecule has 0 unspecified atom stereocenters. The Morgan fingerprint density at radius 2 is 2.00 bits per heavy atom. The van der Waals surface area contributed by atoms with Crippen LogP contribution in [0.15, 0.2) is 36.0 Å². The van der Waals surface area contributed by atoms with Crippen LogP contribution in [0.25, 0.3) is 4.96 Å². The molecule has 5 heteroatoms. The smallest absolute Gasteiger partial charge is 0.216 e. The van der Waals surface area contributed by atoms with Gasteiger partial charge in [0.2, 0.25) is 0 Å².